The van der Waals surface area contributed by atoms with Gasteiger partial charge in [0.25, 0.3) is 0 Å². The Hall–Kier alpha value is -1.16. The maximum absolute atomic E-state index is 8.40. The van der Waals surface area contributed by atoms with Crippen LogP contribution >= 0.6 is 0 Å². The molecule has 78 valence electrons. The minimum Gasteiger partial charge on any atom is -0.430 e. The zero-order valence-electron chi connectivity index (χ0n) is 8.67. The van der Waals surface area contributed by atoms with Crippen LogP contribution in [0, 0.1) is 23.9 Å². The van der Waals surface area contributed by atoms with Crippen LogP contribution in [-0.4, -0.2) is 31.0 Å². The van der Waals surface area contributed by atoms with Crippen LogP contribution in [0.1, 0.15) is 20.3 Å². The Morgan fingerprint density at radius 2 is 2.21 bits per heavy atom. The summed E-state index contributed by atoms with van der Waals surface area (Å²) in [5, 5.41) is 8.40. The van der Waals surface area contributed by atoms with E-state index >= 15 is 0 Å². The van der Waals surface area contributed by atoms with E-state index in [0.29, 0.717) is 6.61 Å². The van der Waals surface area contributed by atoms with Gasteiger partial charge in [-0.15, -0.1) is 5.92 Å². The molecule has 0 rings (SSSR count). The van der Waals surface area contributed by atoms with E-state index in [1.54, 1.807) is 6.92 Å². The number of aliphatic hydroxyl groups excluding tert-OH is 1. The molecular weight excluding hydrogens is 180 g/mol. The maximum Gasteiger partial charge on any atom is 0.170 e. The monoisotopic (exact) mass is 196 g/mol. The van der Waals surface area contributed by atoms with Crippen molar-refractivity contribution in [2.45, 2.75) is 26.4 Å². The SMILES string of the molecule is CC#CC(CC)OC#CCOCCO. The predicted octanol–water partition coefficient (Wildman–Crippen LogP) is 0.775. The largest absolute Gasteiger partial charge is 0.430 e. The third-order valence-electron chi connectivity index (χ3n) is 1.36. The second-order valence-corrected chi connectivity index (χ2v) is 2.46. The Morgan fingerprint density at radius 1 is 1.43 bits per heavy atom. The van der Waals surface area contributed by atoms with Crippen LogP contribution in [0.5, 0.6) is 0 Å². The summed E-state index contributed by atoms with van der Waals surface area (Å²) < 4.78 is 10.1. The molecule has 0 aromatic rings. The molecule has 0 aliphatic heterocycles. The van der Waals surface area contributed by atoms with Gasteiger partial charge in [0.05, 0.1) is 13.2 Å². The van der Waals surface area contributed by atoms with Gasteiger partial charge in [0.1, 0.15) is 12.7 Å². The van der Waals surface area contributed by atoms with Crippen molar-refractivity contribution in [2.24, 2.45) is 0 Å². The maximum atomic E-state index is 8.40. The standard InChI is InChI=1S/C11H16O3/c1-3-6-11(4-2)14-9-5-8-13-10-7-12/h11-12H,4,7-8,10H2,1-2H3. The lowest BCUT2D eigenvalue weighted by Gasteiger charge is -2.02. The van der Waals surface area contributed by atoms with Gasteiger partial charge in [0.15, 0.2) is 6.10 Å². The summed E-state index contributed by atoms with van der Waals surface area (Å²) in [6.07, 6.45) is 3.21. The Kier molecular flexibility index (Phi) is 9.10. The fraction of sp³-hybridized carbons (Fsp3) is 0.636. The van der Waals surface area contributed by atoms with Crippen LogP contribution in [0.3, 0.4) is 0 Å². The molecule has 0 saturated heterocycles. The Labute approximate surface area is 85.4 Å². The van der Waals surface area contributed by atoms with Crippen LogP contribution in [0.4, 0.5) is 0 Å². The van der Waals surface area contributed by atoms with Crippen LogP contribution in [0.15, 0.2) is 0 Å². The molecule has 3 heteroatoms. The molecule has 14 heavy (non-hydrogen) atoms. The molecule has 0 bridgehead atoms. The first kappa shape index (κ1) is 12.8. The van der Waals surface area contributed by atoms with Crippen molar-refractivity contribution in [1.82, 2.24) is 0 Å². The van der Waals surface area contributed by atoms with Crippen LogP contribution < -0.4 is 0 Å². The molecule has 0 amide bonds. The molecule has 1 unspecified atom stereocenters. The highest BCUT2D eigenvalue weighted by molar-refractivity contribution is 5.04. The van der Waals surface area contributed by atoms with E-state index in [9.17, 15) is 0 Å². The lowest BCUT2D eigenvalue weighted by Crippen LogP contribution is -2.05. The van der Waals surface area contributed by atoms with Crippen molar-refractivity contribution in [3.8, 4) is 23.9 Å². The van der Waals surface area contributed by atoms with E-state index in [1.807, 2.05) is 6.92 Å². The number of ether oxygens (including phenoxy) is 2. The summed E-state index contributed by atoms with van der Waals surface area (Å²) in [4.78, 5) is 0. The molecule has 0 radical (unpaired) electrons. The lowest BCUT2D eigenvalue weighted by molar-refractivity contribution is 0.114. The first-order valence-electron chi connectivity index (χ1n) is 4.59. The topological polar surface area (TPSA) is 38.7 Å². The van der Waals surface area contributed by atoms with E-state index in [4.69, 9.17) is 14.6 Å². The fourth-order valence-corrected chi connectivity index (χ4v) is 0.706. The Bertz CT molecular complexity index is 239. The number of hydrogen-bond acceptors (Lipinski definition) is 3. The highest BCUT2D eigenvalue weighted by atomic mass is 16.5. The highest BCUT2D eigenvalue weighted by Crippen LogP contribution is 1.93. The summed E-state index contributed by atoms with van der Waals surface area (Å²) in [6.45, 7) is 4.35. The van der Waals surface area contributed by atoms with Crippen molar-refractivity contribution in [3.63, 3.8) is 0 Å². The van der Waals surface area contributed by atoms with Gasteiger partial charge in [-0.3, -0.25) is 0 Å². The first-order valence-corrected chi connectivity index (χ1v) is 4.59. The van der Waals surface area contributed by atoms with Crippen molar-refractivity contribution >= 4 is 0 Å². The van der Waals surface area contributed by atoms with Gasteiger partial charge in [0, 0.05) is 0 Å². The molecule has 0 aliphatic rings. The highest BCUT2D eigenvalue weighted by Gasteiger charge is 1.97. The van der Waals surface area contributed by atoms with E-state index < -0.39 is 0 Å². The second-order valence-electron chi connectivity index (χ2n) is 2.46. The quantitative estimate of drug-likeness (QED) is 0.521. The summed E-state index contributed by atoms with van der Waals surface area (Å²) >= 11 is 0. The lowest BCUT2D eigenvalue weighted by atomic mass is 10.3. The molecule has 3 nitrogen and oxygen atoms in total. The normalized spacial score (nSPS) is 10.5. The van der Waals surface area contributed by atoms with E-state index in [0.717, 1.165) is 6.42 Å². The van der Waals surface area contributed by atoms with Gasteiger partial charge in [-0.05, 0) is 19.3 Å². The van der Waals surface area contributed by atoms with E-state index in [1.165, 1.54) is 0 Å². The summed E-state index contributed by atoms with van der Waals surface area (Å²) in [6, 6.07) is 0. The average molecular weight is 196 g/mol. The zero-order valence-corrected chi connectivity index (χ0v) is 8.67. The second kappa shape index (κ2) is 9.92. The Balaban J connectivity index is 3.60. The summed E-state index contributed by atoms with van der Waals surface area (Å²) in [5.41, 5.74) is 0. The molecule has 0 heterocycles. The van der Waals surface area contributed by atoms with Crippen molar-refractivity contribution in [2.75, 3.05) is 19.8 Å². The minimum absolute atomic E-state index is 0.0153. The molecular formula is C11H16O3. The smallest absolute Gasteiger partial charge is 0.170 e. The zero-order chi connectivity index (χ0) is 10.6. The third kappa shape index (κ3) is 7.49. The molecule has 0 spiro atoms. The summed E-state index contributed by atoms with van der Waals surface area (Å²) in [5.74, 6) is 8.32. The molecule has 0 saturated carbocycles. The van der Waals surface area contributed by atoms with Gasteiger partial charge < -0.3 is 14.6 Å². The number of hydrogen-bond donors (Lipinski definition) is 1. The molecule has 0 aromatic carbocycles. The molecule has 0 aromatic heterocycles. The summed E-state index contributed by atoms with van der Waals surface area (Å²) in [7, 11) is 0. The predicted molar refractivity (Wildman–Crippen MR) is 54.3 cm³/mol. The average Bonchev–Trinajstić information content (AvgIpc) is 2.21. The fourth-order valence-electron chi connectivity index (χ4n) is 0.706. The molecule has 1 N–H and O–H groups in total. The van der Waals surface area contributed by atoms with Gasteiger partial charge in [-0.25, -0.2) is 0 Å². The van der Waals surface area contributed by atoms with E-state index in [-0.39, 0.29) is 19.3 Å². The van der Waals surface area contributed by atoms with Crippen molar-refractivity contribution in [3.05, 3.63) is 0 Å². The molecule has 0 fully saturated rings. The Morgan fingerprint density at radius 3 is 2.79 bits per heavy atom. The van der Waals surface area contributed by atoms with Gasteiger partial charge in [-0.1, -0.05) is 12.8 Å². The third-order valence-corrected chi connectivity index (χ3v) is 1.36. The minimum atomic E-state index is -0.120. The molecule has 0 aliphatic carbocycles. The van der Waals surface area contributed by atoms with Gasteiger partial charge >= 0.3 is 0 Å². The van der Waals surface area contributed by atoms with Crippen molar-refractivity contribution < 1.29 is 14.6 Å². The molecule has 1 atom stereocenters. The van der Waals surface area contributed by atoms with Crippen LogP contribution in [-0.2, 0) is 9.47 Å². The van der Waals surface area contributed by atoms with Gasteiger partial charge in [0.2, 0.25) is 0 Å². The first-order chi connectivity index (χ1) is 6.85. The van der Waals surface area contributed by atoms with Crippen molar-refractivity contribution in [1.29, 1.82) is 0 Å². The van der Waals surface area contributed by atoms with E-state index in [2.05, 4.69) is 23.9 Å². The number of aliphatic hydroxyl groups is 1. The van der Waals surface area contributed by atoms with Gasteiger partial charge in [-0.2, -0.15) is 0 Å². The van der Waals surface area contributed by atoms with Crippen LogP contribution in [0.25, 0.3) is 0 Å². The van der Waals surface area contributed by atoms with Crippen LogP contribution in [0.2, 0.25) is 0 Å². The number of rotatable bonds is 5.